The molecule has 0 aliphatic carbocycles. The smallest absolute Gasteiger partial charge is 0.394 e. The van der Waals surface area contributed by atoms with Crippen LogP contribution >= 0.6 is 7.82 Å². The fraction of sp³-hybridized carbons (Fsp3) is 0.556. The topological polar surface area (TPSA) is 156 Å². The highest BCUT2D eigenvalue weighted by Gasteiger charge is 2.59. The van der Waals surface area contributed by atoms with Crippen LogP contribution < -0.4 is 0 Å². The molecule has 5 atom stereocenters. The molecule has 0 unspecified atom stereocenters. The predicted molar refractivity (Wildman–Crippen MR) is 102 cm³/mol. The van der Waals surface area contributed by atoms with Crippen molar-refractivity contribution in [3.63, 3.8) is 0 Å². The minimum absolute atomic E-state index is 0.124. The van der Waals surface area contributed by atoms with Gasteiger partial charge in [0.15, 0.2) is 23.2 Å². The number of hydrogen-bond acceptors (Lipinski definition) is 8. The van der Waals surface area contributed by atoms with Gasteiger partial charge in [-0.1, -0.05) is 5.21 Å². The molecule has 182 valence electrons. The van der Waals surface area contributed by atoms with Crippen molar-refractivity contribution in [3.05, 3.63) is 35.8 Å². The SMILES string of the molecule is O=P(O)(O)O[C@@H]1[C@@H](n2cc(-c3cc(F)c(F)c(F)c3)nn2)[C@@H](O)[C@@H](CO)O[C@@]12CCCCO2. The van der Waals surface area contributed by atoms with E-state index in [4.69, 9.17) is 14.0 Å². The van der Waals surface area contributed by atoms with Crippen molar-refractivity contribution < 1.29 is 51.7 Å². The Balaban J connectivity index is 1.78. The fourth-order valence-corrected chi connectivity index (χ4v) is 4.73. The minimum Gasteiger partial charge on any atom is -0.394 e. The van der Waals surface area contributed by atoms with Gasteiger partial charge in [-0.2, -0.15) is 0 Å². The zero-order chi connectivity index (χ0) is 24.0. The van der Waals surface area contributed by atoms with E-state index < -0.39 is 62.0 Å². The van der Waals surface area contributed by atoms with Crippen molar-refractivity contribution in [3.8, 4) is 11.3 Å². The Kier molecular flexibility index (Phi) is 6.64. The lowest BCUT2D eigenvalue weighted by Gasteiger charge is -2.52. The zero-order valence-corrected chi connectivity index (χ0v) is 17.8. The summed E-state index contributed by atoms with van der Waals surface area (Å²) in [6.45, 7) is -0.500. The summed E-state index contributed by atoms with van der Waals surface area (Å²) in [5, 5.41) is 28.2. The molecule has 4 rings (SSSR count). The number of aliphatic hydroxyl groups excluding tert-OH is 2. The van der Waals surface area contributed by atoms with E-state index in [2.05, 4.69) is 10.3 Å². The molecule has 0 radical (unpaired) electrons. The minimum atomic E-state index is -5.15. The maximum Gasteiger partial charge on any atom is 0.470 e. The highest BCUT2D eigenvalue weighted by molar-refractivity contribution is 7.46. The molecule has 0 saturated carbocycles. The number of phosphoric acid groups is 1. The molecule has 0 amide bonds. The van der Waals surface area contributed by atoms with Gasteiger partial charge in [0, 0.05) is 12.0 Å². The van der Waals surface area contributed by atoms with Crippen molar-refractivity contribution in [2.75, 3.05) is 13.2 Å². The van der Waals surface area contributed by atoms with Crippen molar-refractivity contribution >= 4 is 7.82 Å². The van der Waals surface area contributed by atoms with Gasteiger partial charge in [-0.25, -0.2) is 22.4 Å². The van der Waals surface area contributed by atoms with Crippen LogP contribution in [0, 0.1) is 17.5 Å². The van der Waals surface area contributed by atoms with Crippen molar-refractivity contribution in [1.82, 2.24) is 15.0 Å². The van der Waals surface area contributed by atoms with Gasteiger partial charge in [0.1, 0.15) is 30.0 Å². The summed E-state index contributed by atoms with van der Waals surface area (Å²) < 4.78 is 69.8. The van der Waals surface area contributed by atoms with Gasteiger partial charge in [0.05, 0.1) is 19.4 Å². The molecule has 11 nitrogen and oxygen atoms in total. The maximum atomic E-state index is 13.7. The maximum absolute atomic E-state index is 13.7. The second-order valence-corrected chi connectivity index (χ2v) is 8.98. The first kappa shape index (κ1) is 24.2. The van der Waals surface area contributed by atoms with Crippen molar-refractivity contribution in [2.24, 2.45) is 0 Å². The van der Waals surface area contributed by atoms with E-state index in [1.807, 2.05) is 0 Å². The van der Waals surface area contributed by atoms with Crippen LogP contribution in [-0.4, -0.2) is 72.3 Å². The van der Waals surface area contributed by atoms with Gasteiger partial charge >= 0.3 is 7.82 Å². The molecule has 2 fully saturated rings. The van der Waals surface area contributed by atoms with E-state index in [0.717, 1.165) is 10.9 Å². The molecule has 2 aliphatic rings. The van der Waals surface area contributed by atoms with Crippen molar-refractivity contribution in [1.29, 1.82) is 0 Å². The standard InChI is InChI=1S/C18H21F3N3O8P/c19-10-5-9(6-11(20)14(10)21)12-7-24(23-22-12)15-16(26)13(8-25)31-18(3-1-2-4-30-18)17(15)32-33(27,28)29/h5-7,13,15-17,25-26H,1-4,8H2,(H2,27,28,29)/t13-,15+,16+,17-,18+/m1/s1. The lowest BCUT2D eigenvalue weighted by molar-refractivity contribution is -0.361. The first-order valence-corrected chi connectivity index (χ1v) is 11.5. The highest BCUT2D eigenvalue weighted by Crippen LogP contribution is 2.50. The molecule has 15 heteroatoms. The highest BCUT2D eigenvalue weighted by atomic mass is 31.2. The largest absolute Gasteiger partial charge is 0.470 e. The van der Waals surface area contributed by atoms with Crippen LogP contribution in [0.15, 0.2) is 18.3 Å². The fourth-order valence-electron chi connectivity index (χ4n) is 4.15. The van der Waals surface area contributed by atoms with E-state index in [9.17, 15) is 37.7 Å². The summed E-state index contributed by atoms with van der Waals surface area (Å²) >= 11 is 0. The Morgan fingerprint density at radius 2 is 1.94 bits per heavy atom. The van der Waals surface area contributed by atoms with E-state index in [1.165, 1.54) is 0 Å². The molecular weight excluding hydrogens is 474 g/mol. The molecule has 1 spiro atoms. The second-order valence-electron chi connectivity index (χ2n) is 7.79. The summed E-state index contributed by atoms with van der Waals surface area (Å²) in [5.74, 6) is -6.30. The second kappa shape index (κ2) is 9.04. The lowest BCUT2D eigenvalue weighted by Crippen LogP contribution is -2.65. The summed E-state index contributed by atoms with van der Waals surface area (Å²) in [6, 6.07) is -0.00368. The Hall–Kier alpha value is -1.90. The molecule has 1 aromatic carbocycles. The molecule has 2 saturated heterocycles. The molecule has 2 aromatic rings. The molecule has 33 heavy (non-hydrogen) atoms. The third kappa shape index (κ3) is 4.70. The first-order chi connectivity index (χ1) is 15.5. The predicted octanol–water partition coefficient (Wildman–Crippen LogP) is 1.03. The zero-order valence-electron chi connectivity index (χ0n) is 16.9. The van der Waals surface area contributed by atoms with Crippen LogP contribution in [0.4, 0.5) is 13.2 Å². The monoisotopic (exact) mass is 495 g/mol. The van der Waals surface area contributed by atoms with Crippen LogP contribution in [0.1, 0.15) is 25.3 Å². The number of halogens is 3. The van der Waals surface area contributed by atoms with Crippen molar-refractivity contribution in [2.45, 2.75) is 49.4 Å². The van der Waals surface area contributed by atoms with Gasteiger partial charge in [0.25, 0.3) is 0 Å². The average molecular weight is 495 g/mol. The Morgan fingerprint density at radius 3 is 2.52 bits per heavy atom. The van der Waals surface area contributed by atoms with Gasteiger partial charge in [0.2, 0.25) is 0 Å². The summed E-state index contributed by atoms with van der Waals surface area (Å²) in [7, 11) is -5.15. The molecule has 2 aliphatic heterocycles. The Bertz CT molecular complexity index is 1040. The van der Waals surface area contributed by atoms with Gasteiger partial charge < -0.3 is 29.5 Å². The number of ether oxygens (including phenoxy) is 2. The van der Waals surface area contributed by atoms with Crippen LogP contribution in [0.3, 0.4) is 0 Å². The summed E-state index contributed by atoms with van der Waals surface area (Å²) in [5.41, 5.74) is -0.297. The van der Waals surface area contributed by atoms with E-state index in [0.29, 0.717) is 25.0 Å². The Labute approximate surface area is 184 Å². The number of hydrogen-bond donors (Lipinski definition) is 4. The lowest BCUT2D eigenvalue weighted by atomic mass is 9.86. The van der Waals surface area contributed by atoms with Crippen LogP contribution in [0.5, 0.6) is 0 Å². The molecular formula is C18H21F3N3O8P. The molecule has 4 N–H and O–H groups in total. The van der Waals surface area contributed by atoms with E-state index in [1.54, 1.807) is 0 Å². The number of nitrogens with zero attached hydrogens (tertiary/aromatic N) is 3. The van der Waals surface area contributed by atoms with Crippen LogP contribution in [-0.2, 0) is 18.6 Å². The third-order valence-corrected chi connectivity index (χ3v) is 6.12. The third-order valence-electron chi connectivity index (χ3n) is 5.62. The number of aromatic nitrogens is 3. The van der Waals surface area contributed by atoms with Gasteiger partial charge in [-0.15, -0.1) is 5.10 Å². The van der Waals surface area contributed by atoms with Crippen LogP contribution in [0.25, 0.3) is 11.3 Å². The molecule has 0 bridgehead atoms. The van der Waals surface area contributed by atoms with Crippen LogP contribution in [0.2, 0.25) is 0 Å². The summed E-state index contributed by atoms with van der Waals surface area (Å²) in [4.78, 5) is 19.0. The molecule has 1 aromatic heterocycles. The quantitative estimate of drug-likeness (QED) is 0.349. The van der Waals surface area contributed by atoms with Gasteiger partial charge in [-0.05, 0) is 25.0 Å². The normalized spacial score (nSPS) is 30.6. The number of benzene rings is 1. The Morgan fingerprint density at radius 1 is 1.24 bits per heavy atom. The summed E-state index contributed by atoms with van der Waals surface area (Å²) in [6.07, 6.45) is -2.00. The molecule has 3 heterocycles. The number of aliphatic hydroxyl groups is 2. The van der Waals surface area contributed by atoms with E-state index >= 15 is 0 Å². The number of phosphoric ester groups is 1. The average Bonchev–Trinajstić information content (AvgIpc) is 3.24. The van der Waals surface area contributed by atoms with E-state index in [-0.39, 0.29) is 24.3 Å². The van der Waals surface area contributed by atoms with Gasteiger partial charge in [-0.3, -0.25) is 4.52 Å². The first-order valence-electron chi connectivity index (χ1n) is 9.96. The number of rotatable bonds is 5.